The van der Waals surface area contributed by atoms with Crippen LogP contribution in [-0.2, 0) is 16.0 Å². The highest BCUT2D eigenvalue weighted by molar-refractivity contribution is 5.72. The Hall–Kier alpha value is -2.29. The number of methoxy groups -OCH3 is 1. The van der Waals surface area contributed by atoms with E-state index < -0.39 is 0 Å². The van der Waals surface area contributed by atoms with Gasteiger partial charge in [-0.05, 0) is 30.2 Å². The topological polar surface area (TPSA) is 35.5 Å². The van der Waals surface area contributed by atoms with E-state index in [1.807, 2.05) is 61.5 Å². The molecule has 2 rings (SSSR count). The Morgan fingerprint density at radius 3 is 2.30 bits per heavy atom. The Balaban J connectivity index is 1.98. The van der Waals surface area contributed by atoms with E-state index in [-0.39, 0.29) is 18.5 Å². The van der Waals surface area contributed by atoms with Crippen molar-refractivity contribution in [2.45, 2.75) is 19.4 Å². The molecule has 0 saturated carbocycles. The molecule has 2 aromatic rings. The van der Waals surface area contributed by atoms with Crippen molar-refractivity contribution in [2.75, 3.05) is 7.11 Å². The summed E-state index contributed by atoms with van der Waals surface area (Å²) in [5.41, 5.74) is 2.04. The minimum Gasteiger partial charge on any atom is -0.486 e. The third-order valence-corrected chi connectivity index (χ3v) is 3.08. The molecule has 1 atom stereocenters. The maximum Gasteiger partial charge on any atom is 0.309 e. The molecule has 2 aromatic carbocycles. The first-order chi connectivity index (χ1) is 9.69. The van der Waals surface area contributed by atoms with Crippen LogP contribution in [0.15, 0.2) is 54.6 Å². The lowest BCUT2D eigenvalue weighted by Crippen LogP contribution is -2.05. The van der Waals surface area contributed by atoms with Crippen LogP contribution in [0.2, 0.25) is 0 Å². The first kappa shape index (κ1) is 14.1. The molecular weight excluding hydrogens is 252 g/mol. The lowest BCUT2D eigenvalue weighted by atomic mass is 10.1. The lowest BCUT2D eigenvalue weighted by Gasteiger charge is -2.15. The van der Waals surface area contributed by atoms with Crippen LogP contribution in [0, 0.1) is 0 Å². The minimum absolute atomic E-state index is 0.0114. The van der Waals surface area contributed by atoms with E-state index in [2.05, 4.69) is 4.74 Å². The lowest BCUT2D eigenvalue weighted by molar-refractivity contribution is -0.139. The molecule has 0 spiro atoms. The first-order valence-corrected chi connectivity index (χ1v) is 6.56. The van der Waals surface area contributed by atoms with Crippen LogP contribution in [-0.4, -0.2) is 13.1 Å². The Kier molecular flexibility index (Phi) is 4.77. The SMILES string of the molecule is COC(=O)Cc1ccc(OC(C)c2ccccc2)cc1. The van der Waals surface area contributed by atoms with Crippen molar-refractivity contribution in [3.05, 3.63) is 65.7 Å². The molecule has 0 radical (unpaired) electrons. The fourth-order valence-corrected chi connectivity index (χ4v) is 1.92. The van der Waals surface area contributed by atoms with Crippen molar-refractivity contribution in [1.82, 2.24) is 0 Å². The van der Waals surface area contributed by atoms with Crippen LogP contribution >= 0.6 is 0 Å². The fraction of sp³-hybridized carbons (Fsp3) is 0.235. The van der Waals surface area contributed by atoms with Crippen molar-refractivity contribution in [2.24, 2.45) is 0 Å². The summed E-state index contributed by atoms with van der Waals surface area (Å²) in [7, 11) is 1.39. The van der Waals surface area contributed by atoms with Crippen molar-refractivity contribution in [1.29, 1.82) is 0 Å². The van der Waals surface area contributed by atoms with E-state index in [1.54, 1.807) is 0 Å². The van der Waals surface area contributed by atoms with E-state index in [0.29, 0.717) is 0 Å². The molecule has 0 aliphatic carbocycles. The summed E-state index contributed by atoms with van der Waals surface area (Å²) in [6, 6.07) is 17.6. The molecule has 0 amide bonds. The molecule has 3 heteroatoms. The van der Waals surface area contributed by atoms with Gasteiger partial charge in [-0.15, -0.1) is 0 Å². The molecule has 0 N–H and O–H groups in total. The van der Waals surface area contributed by atoms with E-state index in [9.17, 15) is 4.79 Å². The number of carbonyl (C=O) groups excluding carboxylic acids is 1. The molecule has 20 heavy (non-hydrogen) atoms. The number of rotatable bonds is 5. The van der Waals surface area contributed by atoms with Gasteiger partial charge in [-0.1, -0.05) is 42.5 Å². The van der Waals surface area contributed by atoms with Crippen molar-refractivity contribution in [3.8, 4) is 5.75 Å². The average Bonchev–Trinajstić information content (AvgIpc) is 2.50. The minimum atomic E-state index is -0.240. The van der Waals surface area contributed by atoms with Gasteiger partial charge in [-0.25, -0.2) is 0 Å². The molecule has 0 aromatic heterocycles. The molecule has 0 aliphatic rings. The third kappa shape index (κ3) is 3.85. The molecule has 0 aliphatic heterocycles. The second-order valence-corrected chi connectivity index (χ2v) is 4.57. The van der Waals surface area contributed by atoms with E-state index in [0.717, 1.165) is 16.9 Å². The predicted molar refractivity (Wildman–Crippen MR) is 77.6 cm³/mol. The van der Waals surface area contributed by atoms with Crippen LogP contribution in [0.5, 0.6) is 5.75 Å². The summed E-state index contributed by atoms with van der Waals surface area (Å²) in [5, 5.41) is 0. The largest absolute Gasteiger partial charge is 0.486 e. The second kappa shape index (κ2) is 6.75. The van der Waals surface area contributed by atoms with Gasteiger partial charge in [0.05, 0.1) is 13.5 Å². The summed E-state index contributed by atoms with van der Waals surface area (Å²) in [5.74, 6) is 0.547. The molecule has 104 valence electrons. The first-order valence-electron chi connectivity index (χ1n) is 6.56. The number of ether oxygens (including phenoxy) is 2. The number of benzene rings is 2. The molecular formula is C17H18O3. The zero-order valence-electron chi connectivity index (χ0n) is 11.7. The maximum absolute atomic E-state index is 11.2. The van der Waals surface area contributed by atoms with E-state index in [4.69, 9.17) is 4.74 Å². The summed E-state index contributed by atoms with van der Waals surface area (Å²) in [4.78, 5) is 11.2. The fourth-order valence-electron chi connectivity index (χ4n) is 1.92. The Morgan fingerprint density at radius 2 is 1.70 bits per heavy atom. The number of hydrogen-bond donors (Lipinski definition) is 0. The van der Waals surface area contributed by atoms with Gasteiger partial charge < -0.3 is 9.47 Å². The van der Waals surface area contributed by atoms with Crippen molar-refractivity contribution < 1.29 is 14.3 Å². The summed E-state index contributed by atoms with van der Waals surface area (Å²) in [6.07, 6.45) is 0.271. The molecule has 0 bridgehead atoms. The molecule has 3 nitrogen and oxygen atoms in total. The molecule has 1 unspecified atom stereocenters. The molecule has 0 fully saturated rings. The van der Waals surface area contributed by atoms with Crippen molar-refractivity contribution in [3.63, 3.8) is 0 Å². The summed E-state index contributed by atoms with van der Waals surface area (Å²) < 4.78 is 10.5. The Bertz CT molecular complexity index is 546. The van der Waals surface area contributed by atoms with Crippen molar-refractivity contribution >= 4 is 5.97 Å². The Labute approximate surface area is 119 Å². The standard InChI is InChI=1S/C17H18O3/c1-13(15-6-4-3-5-7-15)20-16-10-8-14(9-11-16)12-17(18)19-2/h3-11,13H,12H2,1-2H3. The zero-order valence-corrected chi connectivity index (χ0v) is 11.7. The third-order valence-electron chi connectivity index (χ3n) is 3.08. The van der Waals surface area contributed by atoms with Gasteiger partial charge >= 0.3 is 5.97 Å². The molecule has 0 saturated heterocycles. The average molecular weight is 270 g/mol. The monoisotopic (exact) mass is 270 g/mol. The highest BCUT2D eigenvalue weighted by atomic mass is 16.5. The van der Waals surface area contributed by atoms with E-state index in [1.165, 1.54) is 7.11 Å². The quantitative estimate of drug-likeness (QED) is 0.779. The summed E-state index contributed by atoms with van der Waals surface area (Å²) >= 11 is 0. The highest BCUT2D eigenvalue weighted by Gasteiger charge is 2.07. The molecule has 0 heterocycles. The normalized spacial score (nSPS) is 11.7. The predicted octanol–water partition coefficient (Wildman–Crippen LogP) is 3.54. The summed E-state index contributed by atoms with van der Waals surface area (Å²) in [6.45, 7) is 2.01. The van der Waals surface area contributed by atoms with Gasteiger partial charge in [0.1, 0.15) is 11.9 Å². The van der Waals surface area contributed by atoms with Gasteiger partial charge in [-0.2, -0.15) is 0 Å². The zero-order chi connectivity index (χ0) is 14.4. The van der Waals surface area contributed by atoms with Crippen LogP contribution in [0.25, 0.3) is 0 Å². The van der Waals surface area contributed by atoms with Crippen LogP contribution in [0.4, 0.5) is 0 Å². The van der Waals surface area contributed by atoms with Gasteiger partial charge in [0.25, 0.3) is 0 Å². The Morgan fingerprint density at radius 1 is 1.05 bits per heavy atom. The van der Waals surface area contributed by atoms with Gasteiger partial charge in [0.15, 0.2) is 0 Å². The van der Waals surface area contributed by atoms with Crippen LogP contribution in [0.3, 0.4) is 0 Å². The second-order valence-electron chi connectivity index (χ2n) is 4.57. The number of carbonyl (C=O) groups is 1. The van der Waals surface area contributed by atoms with Gasteiger partial charge in [-0.3, -0.25) is 4.79 Å². The highest BCUT2D eigenvalue weighted by Crippen LogP contribution is 2.21. The van der Waals surface area contributed by atoms with Crippen LogP contribution in [0.1, 0.15) is 24.2 Å². The van der Waals surface area contributed by atoms with Gasteiger partial charge in [0.2, 0.25) is 0 Å². The van der Waals surface area contributed by atoms with Crippen LogP contribution < -0.4 is 4.74 Å². The number of hydrogen-bond acceptors (Lipinski definition) is 3. The number of esters is 1. The van der Waals surface area contributed by atoms with Gasteiger partial charge in [0, 0.05) is 0 Å². The van der Waals surface area contributed by atoms with E-state index >= 15 is 0 Å². The smallest absolute Gasteiger partial charge is 0.309 e. The maximum atomic E-state index is 11.2.